The molecule has 0 radical (unpaired) electrons. The lowest BCUT2D eigenvalue weighted by atomic mass is 9.79. The van der Waals surface area contributed by atoms with Crippen molar-refractivity contribution in [3.05, 3.63) is 35.9 Å². The fourth-order valence-electron chi connectivity index (χ4n) is 4.03. The smallest absolute Gasteiger partial charge is 0.191 e. The van der Waals surface area contributed by atoms with Gasteiger partial charge in [0.1, 0.15) is 0 Å². The van der Waals surface area contributed by atoms with E-state index in [1.54, 1.807) is 0 Å². The van der Waals surface area contributed by atoms with Crippen LogP contribution in [0.15, 0.2) is 35.3 Å². The van der Waals surface area contributed by atoms with Crippen molar-refractivity contribution in [2.45, 2.75) is 50.5 Å². The molecular weight excluding hydrogens is 334 g/mol. The Labute approximate surface area is 151 Å². The van der Waals surface area contributed by atoms with Crippen LogP contribution in [0.3, 0.4) is 0 Å². The van der Waals surface area contributed by atoms with Crippen molar-refractivity contribution < 1.29 is 8.42 Å². The maximum Gasteiger partial charge on any atom is 0.191 e. The monoisotopic (exact) mass is 363 g/mol. The third kappa shape index (κ3) is 4.54. The normalized spacial score (nSPS) is 25.0. The molecular formula is C19H29N3O2S. The van der Waals surface area contributed by atoms with Crippen LogP contribution >= 0.6 is 0 Å². The molecule has 6 heteroatoms. The van der Waals surface area contributed by atoms with E-state index in [0.717, 1.165) is 31.9 Å². The quantitative estimate of drug-likeness (QED) is 0.622. The minimum atomic E-state index is -2.89. The number of hydrogen-bond acceptors (Lipinski definition) is 3. The van der Waals surface area contributed by atoms with Gasteiger partial charge in [0.15, 0.2) is 15.8 Å². The van der Waals surface area contributed by atoms with Gasteiger partial charge in [0.2, 0.25) is 0 Å². The predicted molar refractivity (Wildman–Crippen MR) is 103 cm³/mol. The SMILES string of the molecule is CCNC(=NCC1(c2ccccc2)CCCC1)NC1CCS(=O)(=O)C1. The van der Waals surface area contributed by atoms with E-state index in [1.807, 2.05) is 6.92 Å². The Hall–Kier alpha value is -1.56. The van der Waals surface area contributed by atoms with Gasteiger partial charge < -0.3 is 10.6 Å². The Morgan fingerprint density at radius 1 is 1.24 bits per heavy atom. The van der Waals surface area contributed by atoms with E-state index in [-0.39, 0.29) is 23.0 Å². The van der Waals surface area contributed by atoms with Crippen molar-refractivity contribution >= 4 is 15.8 Å². The molecule has 2 fully saturated rings. The summed E-state index contributed by atoms with van der Waals surface area (Å²) >= 11 is 0. The molecule has 138 valence electrons. The molecule has 0 spiro atoms. The molecule has 1 aromatic carbocycles. The van der Waals surface area contributed by atoms with Crippen LogP contribution in [0.25, 0.3) is 0 Å². The first-order valence-electron chi connectivity index (χ1n) is 9.34. The molecule has 5 nitrogen and oxygen atoms in total. The van der Waals surface area contributed by atoms with Gasteiger partial charge in [0.25, 0.3) is 0 Å². The summed E-state index contributed by atoms with van der Waals surface area (Å²) in [6, 6.07) is 10.7. The van der Waals surface area contributed by atoms with E-state index in [0.29, 0.717) is 6.42 Å². The van der Waals surface area contributed by atoms with Crippen molar-refractivity contribution in [2.24, 2.45) is 4.99 Å². The minimum absolute atomic E-state index is 0.0287. The number of guanidine groups is 1. The maximum absolute atomic E-state index is 11.7. The molecule has 1 aromatic rings. The molecule has 2 N–H and O–H groups in total. The lowest BCUT2D eigenvalue weighted by Crippen LogP contribution is -2.44. The first kappa shape index (κ1) is 18.2. The lowest BCUT2D eigenvalue weighted by Gasteiger charge is -2.28. The summed E-state index contributed by atoms with van der Waals surface area (Å²) in [6.07, 6.45) is 5.48. The maximum atomic E-state index is 11.7. The zero-order valence-corrected chi connectivity index (χ0v) is 15.8. The Morgan fingerprint density at radius 2 is 1.96 bits per heavy atom. The van der Waals surface area contributed by atoms with Gasteiger partial charge in [-0.25, -0.2) is 8.42 Å². The molecule has 0 amide bonds. The van der Waals surface area contributed by atoms with E-state index < -0.39 is 9.84 Å². The fraction of sp³-hybridized carbons (Fsp3) is 0.632. The van der Waals surface area contributed by atoms with E-state index >= 15 is 0 Å². The highest BCUT2D eigenvalue weighted by Crippen LogP contribution is 2.41. The Kier molecular flexibility index (Phi) is 5.67. The Balaban J connectivity index is 1.73. The average molecular weight is 364 g/mol. The number of hydrogen-bond donors (Lipinski definition) is 2. The van der Waals surface area contributed by atoms with Crippen LogP contribution in [-0.4, -0.2) is 45.0 Å². The van der Waals surface area contributed by atoms with Crippen molar-refractivity contribution in [2.75, 3.05) is 24.6 Å². The number of benzene rings is 1. The zero-order valence-electron chi connectivity index (χ0n) is 15.0. The summed E-state index contributed by atoms with van der Waals surface area (Å²) in [6.45, 7) is 3.54. The third-order valence-corrected chi connectivity index (χ3v) is 7.17. The number of aliphatic imine (C=N–C) groups is 1. The van der Waals surface area contributed by atoms with Crippen LogP contribution in [-0.2, 0) is 15.3 Å². The highest BCUT2D eigenvalue weighted by molar-refractivity contribution is 7.91. The molecule has 25 heavy (non-hydrogen) atoms. The minimum Gasteiger partial charge on any atom is -0.357 e. The van der Waals surface area contributed by atoms with Gasteiger partial charge in [-0.1, -0.05) is 43.2 Å². The number of nitrogens with zero attached hydrogens (tertiary/aromatic N) is 1. The molecule has 1 aliphatic heterocycles. The highest BCUT2D eigenvalue weighted by atomic mass is 32.2. The van der Waals surface area contributed by atoms with Gasteiger partial charge in [-0.05, 0) is 31.7 Å². The molecule has 1 saturated heterocycles. The average Bonchev–Trinajstić information content (AvgIpc) is 3.21. The molecule has 1 aliphatic carbocycles. The van der Waals surface area contributed by atoms with Crippen LogP contribution in [0.4, 0.5) is 0 Å². The first-order chi connectivity index (χ1) is 12.0. The molecule has 1 atom stereocenters. The van der Waals surface area contributed by atoms with Gasteiger partial charge >= 0.3 is 0 Å². The number of sulfone groups is 1. The fourth-order valence-corrected chi connectivity index (χ4v) is 5.71. The second kappa shape index (κ2) is 7.77. The van der Waals surface area contributed by atoms with E-state index in [9.17, 15) is 8.42 Å². The van der Waals surface area contributed by atoms with Crippen LogP contribution in [0, 0.1) is 0 Å². The molecule has 1 heterocycles. The van der Waals surface area contributed by atoms with Gasteiger partial charge in [-0.15, -0.1) is 0 Å². The summed E-state index contributed by atoms with van der Waals surface area (Å²) in [5.41, 5.74) is 1.49. The first-order valence-corrected chi connectivity index (χ1v) is 11.2. The second-order valence-corrected chi connectivity index (χ2v) is 9.52. The van der Waals surface area contributed by atoms with Crippen LogP contribution in [0.2, 0.25) is 0 Å². The number of nitrogens with one attached hydrogen (secondary N) is 2. The standard InChI is InChI=1S/C19H29N3O2S/c1-2-20-18(22-17-10-13-25(23,24)14-17)21-15-19(11-6-7-12-19)16-8-4-3-5-9-16/h3-5,8-9,17H,2,6-7,10-15H2,1H3,(H2,20,21,22). The van der Waals surface area contributed by atoms with Gasteiger partial charge in [-0.3, -0.25) is 4.99 Å². The molecule has 0 aromatic heterocycles. The Bertz CT molecular complexity index is 695. The largest absolute Gasteiger partial charge is 0.357 e. The van der Waals surface area contributed by atoms with E-state index in [1.165, 1.54) is 18.4 Å². The summed E-state index contributed by atoms with van der Waals surface area (Å²) in [5, 5.41) is 6.60. The third-order valence-electron chi connectivity index (χ3n) is 5.40. The van der Waals surface area contributed by atoms with Crippen molar-refractivity contribution in [1.29, 1.82) is 0 Å². The lowest BCUT2D eigenvalue weighted by molar-refractivity contribution is 0.452. The Morgan fingerprint density at radius 3 is 2.56 bits per heavy atom. The molecule has 0 bridgehead atoms. The van der Waals surface area contributed by atoms with Gasteiger partial charge in [0, 0.05) is 18.0 Å². The number of rotatable bonds is 5. The zero-order chi connectivity index (χ0) is 17.8. The highest BCUT2D eigenvalue weighted by Gasteiger charge is 2.35. The predicted octanol–water partition coefficient (Wildman–Crippen LogP) is 2.24. The second-order valence-electron chi connectivity index (χ2n) is 7.29. The van der Waals surface area contributed by atoms with Crippen LogP contribution in [0.5, 0.6) is 0 Å². The summed E-state index contributed by atoms with van der Waals surface area (Å²) in [5.74, 6) is 1.23. The topological polar surface area (TPSA) is 70.6 Å². The van der Waals surface area contributed by atoms with Crippen LogP contribution < -0.4 is 10.6 Å². The molecule has 3 rings (SSSR count). The van der Waals surface area contributed by atoms with Crippen molar-refractivity contribution in [1.82, 2.24) is 10.6 Å². The summed E-state index contributed by atoms with van der Waals surface area (Å²) in [7, 11) is -2.89. The summed E-state index contributed by atoms with van der Waals surface area (Å²) in [4.78, 5) is 4.85. The van der Waals surface area contributed by atoms with Crippen LogP contribution in [0.1, 0.15) is 44.6 Å². The summed E-state index contributed by atoms with van der Waals surface area (Å²) < 4.78 is 23.4. The van der Waals surface area contributed by atoms with E-state index in [2.05, 4.69) is 41.0 Å². The molecule has 1 saturated carbocycles. The molecule has 1 unspecified atom stereocenters. The van der Waals surface area contributed by atoms with Crippen molar-refractivity contribution in [3.8, 4) is 0 Å². The van der Waals surface area contributed by atoms with E-state index in [4.69, 9.17) is 4.99 Å². The van der Waals surface area contributed by atoms with Gasteiger partial charge in [-0.2, -0.15) is 0 Å². The van der Waals surface area contributed by atoms with Gasteiger partial charge in [0.05, 0.1) is 18.1 Å². The van der Waals surface area contributed by atoms with Crippen molar-refractivity contribution in [3.63, 3.8) is 0 Å². The molecule has 2 aliphatic rings.